The summed E-state index contributed by atoms with van der Waals surface area (Å²) in [5.74, 6) is 0.0789. The first-order valence-corrected chi connectivity index (χ1v) is 7.22. The first-order chi connectivity index (χ1) is 9.06. The topological polar surface area (TPSA) is 41.1 Å². The molecule has 0 aliphatic carbocycles. The second kappa shape index (κ2) is 8.18. The molecule has 0 fully saturated rings. The Morgan fingerprint density at radius 1 is 1.26 bits per heavy atom. The van der Waals surface area contributed by atoms with Crippen LogP contribution in [0.15, 0.2) is 24.3 Å². The fourth-order valence-electron chi connectivity index (χ4n) is 2.07. The lowest BCUT2D eigenvalue weighted by molar-refractivity contribution is -0.122. The van der Waals surface area contributed by atoms with E-state index in [0.717, 1.165) is 18.5 Å². The van der Waals surface area contributed by atoms with Crippen molar-refractivity contribution in [2.24, 2.45) is 0 Å². The van der Waals surface area contributed by atoms with E-state index in [-0.39, 0.29) is 18.0 Å². The standard InChI is InChI=1S/C15H23ClN2O/c1-4-14(12-6-8-13(16)9-7-12)18-15(19)10-11(3)17-5-2/h6-9,11,14,17H,4-5,10H2,1-3H3,(H,18,19). The van der Waals surface area contributed by atoms with Crippen molar-refractivity contribution < 1.29 is 4.79 Å². The second-order valence-corrected chi connectivity index (χ2v) is 5.18. The van der Waals surface area contributed by atoms with E-state index in [0.29, 0.717) is 11.4 Å². The highest BCUT2D eigenvalue weighted by molar-refractivity contribution is 6.30. The SMILES string of the molecule is CCNC(C)CC(=O)NC(CC)c1ccc(Cl)cc1. The molecule has 2 N–H and O–H groups in total. The maximum atomic E-state index is 12.0. The average Bonchev–Trinajstić information content (AvgIpc) is 2.37. The summed E-state index contributed by atoms with van der Waals surface area (Å²) >= 11 is 5.87. The molecule has 1 rings (SSSR count). The molecule has 106 valence electrons. The predicted octanol–water partition coefficient (Wildman–Crippen LogP) is 3.30. The highest BCUT2D eigenvalue weighted by atomic mass is 35.5. The van der Waals surface area contributed by atoms with Gasteiger partial charge in [0, 0.05) is 17.5 Å². The van der Waals surface area contributed by atoms with E-state index < -0.39 is 0 Å². The monoisotopic (exact) mass is 282 g/mol. The molecule has 0 aliphatic heterocycles. The maximum Gasteiger partial charge on any atom is 0.222 e. The van der Waals surface area contributed by atoms with Crippen molar-refractivity contribution in [2.45, 2.75) is 45.7 Å². The van der Waals surface area contributed by atoms with Gasteiger partial charge in [-0.2, -0.15) is 0 Å². The van der Waals surface area contributed by atoms with Crippen LogP contribution in [0.3, 0.4) is 0 Å². The zero-order valence-electron chi connectivity index (χ0n) is 11.9. The van der Waals surface area contributed by atoms with Crippen molar-refractivity contribution in [3.05, 3.63) is 34.9 Å². The van der Waals surface area contributed by atoms with E-state index in [1.165, 1.54) is 0 Å². The molecule has 0 spiro atoms. The van der Waals surface area contributed by atoms with Crippen LogP contribution in [0.25, 0.3) is 0 Å². The van der Waals surface area contributed by atoms with Crippen LogP contribution < -0.4 is 10.6 Å². The molecule has 0 saturated heterocycles. The Hall–Kier alpha value is -1.06. The summed E-state index contributed by atoms with van der Waals surface area (Å²) in [6.07, 6.45) is 1.36. The highest BCUT2D eigenvalue weighted by Crippen LogP contribution is 2.19. The molecule has 0 saturated carbocycles. The average molecular weight is 283 g/mol. The largest absolute Gasteiger partial charge is 0.349 e. The van der Waals surface area contributed by atoms with Crippen LogP contribution in [0, 0.1) is 0 Å². The highest BCUT2D eigenvalue weighted by Gasteiger charge is 2.14. The summed E-state index contributed by atoms with van der Waals surface area (Å²) in [5, 5.41) is 7.02. The second-order valence-electron chi connectivity index (χ2n) is 4.74. The smallest absolute Gasteiger partial charge is 0.222 e. The van der Waals surface area contributed by atoms with E-state index >= 15 is 0 Å². The minimum Gasteiger partial charge on any atom is -0.349 e. The first kappa shape index (κ1) is 16.0. The number of rotatable bonds is 7. The molecule has 0 heterocycles. The van der Waals surface area contributed by atoms with Gasteiger partial charge in [0.1, 0.15) is 0 Å². The van der Waals surface area contributed by atoms with Gasteiger partial charge in [-0.3, -0.25) is 4.79 Å². The first-order valence-electron chi connectivity index (χ1n) is 6.85. The normalized spacial score (nSPS) is 13.9. The number of carbonyl (C=O) groups excluding carboxylic acids is 1. The minimum absolute atomic E-state index is 0.0543. The van der Waals surface area contributed by atoms with Crippen LogP contribution in [0.1, 0.15) is 45.2 Å². The predicted molar refractivity (Wildman–Crippen MR) is 80.4 cm³/mol. The number of hydrogen-bond donors (Lipinski definition) is 2. The van der Waals surface area contributed by atoms with Crippen molar-refractivity contribution in [2.75, 3.05) is 6.54 Å². The third kappa shape index (κ3) is 5.62. The van der Waals surface area contributed by atoms with Crippen molar-refractivity contribution in [1.29, 1.82) is 0 Å². The van der Waals surface area contributed by atoms with Crippen molar-refractivity contribution in [1.82, 2.24) is 10.6 Å². The van der Waals surface area contributed by atoms with E-state index in [9.17, 15) is 4.79 Å². The van der Waals surface area contributed by atoms with Crippen LogP contribution >= 0.6 is 11.6 Å². The van der Waals surface area contributed by atoms with Crippen molar-refractivity contribution >= 4 is 17.5 Å². The maximum absolute atomic E-state index is 12.0. The number of hydrogen-bond acceptors (Lipinski definition) is 2. The van der Waals surface area contributed by atoms with Gasteiger partial charge in [-0.1, -0.05) is 37.6 Å². The summed E-state index contributed by atoms with van der Waals surface area (Å²) in [6.45, 7) is 7.00. The Balaban J connectivity index is 2.56. The van der Waals surface area contributed by atoms with E-state index in [2.05, 4.69) is 17.6 Å². The third-order valence-corrected chi connectivity index (χ3v) is 3.31. The quantitative estimate of drug-likeness (QED) is 0.806. The Morgan fingerprint density at radius 3 is 2.42 bits per heavy atom. The van der Waals surface area contributed by atoms with Crippen LogP contribution in [-0.2, 0) is 4.79 Å². The molecule has 1 amide bonds. The molecule has 0 radical (unpaired) electrons. The molecule has 19 heavy (non-hydrogen) atoms. The van der Waals surface area contributed by atoms with Gasteiger partial charge in [-0.25, -0.2) is 0 Å². The lowest BCUT2D eigenvalue weighted by atomic mass is 10.0. The number of carbonyl (C=O) groups is 1. The van der Waals surface area contributed by atoms with Gasteiger partial charge in [-0.05, 0) is 37.6 Å². The Bertz CT molecular complexity index is 392. The summed E-state index contributed by atoms with van der Waals surface area (Å²) in [5.41, 5.74) is 1.09. The van der Waals surface area contributed by atoms with Gasteiger partial charge < -0.3 is 10.6 Å². The number of halogens is 1. The third-order valence-electron chi connectivity index (χ3n) is 3.06. The zero-order valence-corrected chi connectivity index (χ0v) is 12.6. The van der Waals surface area contributed by atoms with E-state index in [1.807, 2.05) is 38.1 Å². The molecular weight excluding hydrogens is 260 g/mol. The Kier molecular flexibility index (Phi) is 6.89. The lowest BCUT2D eigenvalue weighted by Gasteiger charge is -2.19. The van der Waals surface area contributed by atoms with E-state index in [1.54, 1.807) is 0 Å². The minimum atomic E-state index is 0.0543. The molecule has 4 heteroatoms. The number of benzene rings is 1. The van der Waals surface area contributed by atoms with Crippen LogP contribution in [0.5, 0.6) is 0 Å². The number of nitrogens with one attached hydrogen (secondary N) is 2. The summed E-state index contributed by atoms with van der Waals surface area (Å²) < 4.78 is 0. The van der Waals surface area contributed by atoms with Crippen LogP contribution in [0.2, 0.25) is 5.02 Å². The van der Waals surface area contributed by atoms with Gasteiger partial charge in [0.25, 0.3) is 0 Å². The van der Waals surface area contributed by atoms with Gasteiger partial charge in [-0.15, -0.1) is 0 Å². The van der Waals surface area contributed by atoms with Gasteiger partial charge >= 0.3 is 0 Å². The summed E-state index contributed by atoms with van der Waals surface area (Å²) in [7, 11) is 0. The Morgan fingerprint density at radius 2 is 1.89 bits per heavy atom. The van der Waals surface area contributed by atoms with Gasteiger partial charge in [0.15, 0.2) is 0 Å². The number of amides is 1. The van der Waals surface area contributed by atoms with Crippen LogP contribution in [-0.4, -0.2) is 18.5 Å². The molecule has 1 aromatic rings. The summed E-state index contributed by atoms with van der Waals surface area (Å²) in [6, 6.07) is 7.89. The molecular formula is C15H23ClN2O. The fourth-order valence-corrected chi connectivity index (χ4v) is 2.19. The molecule has 0 bridgehead atoms. The van der Waals surface area contributed by atoms with Gasteiger partial charge in [0.2, 0.25) is 5.91 Å². The molecule has 2 atom stereocenters. The molecule has 1 aromatic carbocycles. The van der Waals surface area contributed by atoms with Gasteiger partial charge in [0.05, 0.1) is 6.04 Å². The molecule has 0 aromatic heterocycles. The van der Waals surface area contributed by atoms with Crippen LogP contribution in [0.4, 0.5) is 0 Å². The lowest BCUT2D eigenvalue weighted by Crippen LogP contribution is -2.35. The fraction of sp³-hybridized carbons (Fsp3) is 0.533. The van der Waals surface area contributed by atoms with E-state index in [4.69, 9.17) is 11.6 Å². The molecule has 2 unspecified atom stereocenters. The Labute approximate surface area is 120 Å². The zero-order chi connectivity index (χ0) is 14.3. The van der Waals surface area contributed by atoms with Crippen molar-refractivity contribution in [3.8, 4) is 0 Å². The molecule has 0 aliphatic rings. The van der Waals surface area contributed by atoms with Crippen molar-refractivity contribution in [3.63, 3.8) is 0 Å². The summed E-state index contributed by atoms with van der Waals surface area (Å²) in [4.78, 5) is 12.0. The molecule has 3 nitrogen and oxygen atoms in total.